The average molecular weight is 293 g/mol. The topological polar surface area (TPSA) is 65.6 Å². The van der Waals surface area contributed by atoms with Gasteiger partial charge < -0.3 is 10.8 Å². The second-order valence-electron chi connectivity index (χ2n) is 4.51. The Morgan fingerprint density at radius 3 is 2.89 bits per heavy atom. The van der Waals surface area contributed by atoms with Crippen LogP contribution in [0.4, 0.5) is 5.13 Å². The first-order chi connectivity index (χ1) is 8.19. The summed E-state index contributed by atoms with van der Waals surface area (Å²) in [6.45, 7) is 7.28. The van der Waals surface area contributed by atoms with E-state index in [-0.39, 0.29) is 19.0 Å². The quantitative estimate of drug-likeness (QED) is 0.853. The Labute approximate surface area is 118 Å². The molecule has 104 valence electrons. The van der Waals surface area contributed by atoms with E-state index in [0.717, 1.165) is 32.7 Å². The molecule has 5 nitrogen and oxygen atoms in total. The monoisotopic (exact) mass is 292 g/mol. The van der Waals surface area contributed by atoms with Crippen molar-refractivity contribution in [2.75, 3.05) is 38.5 Å². The SMILES string of the molecule is CC1CN(Cc2cnc(N)s2)CCN1CCO.Cl. The third-order valence-electron chi connectivity index (χ3n) is 3.19. The fourth-order valence-corrected chi connectivity index (χ4v) is 3.02. The fraction of sp³-hybridized carbons (Fsp3) is 0.727. The van der Waals surface area contributed by atoms with Gasteiger partial charge in [-0.25, -0.2) is 4.98 Å². The van der Waals surface area contributed by atoms with Crippen LogP contribution in [0.5, 0.6) is 0 Å². The van der Waals surface area contributed by atoms with Crippen LogP contribution >= 0.6 is 23.7 Å². The van der Waals surface area contributed by atoms with Crippen molar-refractivity contribution in [3.63, 3.8) is 0 Å². The number of nitrogens with zero attached hydrogens (tertiary/aromatic N) is 3. The number of aliphatic hydroxyl groups excluding tert-OH is 1. The predicted molar refractivity (Wildman–Crippen MR) is 77.2 cm³/mol. The largest absolute Gasteiger partial charge is 0.395 e. The van der Waals surface area contributed by atoms with Gasteiger partial charge in [-0.15, -0.1) is 23.7 Å². The molecule has 1 aliphatic heterocycles. The maximum atomic E-state index is 8.96. The minimum atomic E-state index is 0. The lowest BCUT2D eigenvalue weighted by Crippen LogP contribution is -2.52. The zero-order valence-electron chi connectivity index (χ0n) is 10.6. The second kappa shape index (κ2) is 7.25. The van der Waals surface area contributed by atoms with E-state index in [2.05, 4.69) is 21.7 Å². The van der Waals surface area contributed by atoms with E-state index in [0.29, 0.717) is 11.2 Å². The van der Waals surface area contributed by atoms with Gasteiger partial charge in [-0.05, 0) is 6.92 Å². The normalized spacial score (nSPS) is 21.8. The van der Waals surface area contributed by atoms with Crippen LogP contribution in [0.2, 0.25) is 0 Å². The number of thiazole rings is 1. The number of nitrogen functional groups attached to an aromatic ring is 1. The van der Waals surface area contributed by atoms with Crippen LogP contribution < -0.4 is 5.73 Å². The van der Waals surface area contributed by atoms with Gasteiger partial charge in [0.2, 0.25) is 0 Å². The fourth-order valence-electron chi connectivity index (χ4n) is 2.29. The summed E-state index contributed by atoms with van der Waals surface area (Å²) in [6.07, 6.45) is 1.87. The van der Waals surface area contributed by atoms with Crippen LogP contribution in [-0.4, -0.2) is 58.7 Å². The third kappa shape index (κ3) is 4.07. The van der Waals surface area contributed by atoms with E-state index in [1.807, 2.05) is 6.20 Å². The van der Waals surface area contributed by atoms with Gasteiger partial charge in [0.15, 0.2) is 5.13 Å². The van der Waals surface area contributed by atoms with Crippen molar-refractivity contribution >= 4 is 28.9 Å². The van der Waals surface area contributed by atoms with E-state index < -0.39 is 0 Å². The summed E-state index contributed by atoms with van der Waals surface area (Å²) in [5.74, 6) is 0. The third-order valence-corrected chi connectivity index (χ3v) is 4.00. The number of hydrogen-bond acceptors (Lipinski definition) is 6. The van der Waals surface area contributed by atoms with E-state index in [1.165, 1.54) is 4.88 Å². The first-order valence-electron chi connectivity index (χ1n) is 5.96. The zero-order valence-corrected chi connectivity index (χ0v) is 12.2. The highest BCUT2D eigenvalue weighted by molar-refractivity contribution is 7.15. The van der Waals surface area contributed by atoms with Crippen molar-refractivity contribution in [3.8, 4) is 0 Å². The molecule has 7 heteroatoms. The molecule has 0 bridgehead atoms. The van der Waals surface area contributed by atoms with Gasteiger partial charge in [-0.2, -0.15) is 0 Å². The summed E-state index contributed by atoms with van der Waals surface area (Å²) in [4.78, 5) is 10.1. The maximum Gasteiger partial charge on any atom is 0.180 e. The van der Waals surface area contributed by atoms with Gasteiger partial charge in [-0.3, -0.25) is 9.80 Å². The highest BCUT2D eigenvalue weighted by Gasteiger charge is 2.23. The Balaban J connectivity index is 0.00000162. The van der Waals surface area contributed by atoms with Gasteiger partial charge >= 0.3 is 0 Å². The van der Waals surface area contributed by atoms with Gasteiger partial charge in [0.25, 0.3) is 0 Å². The highest BCUT2D eigenvalue weighted by atomic mass is 35.5. The second-order valence-corrected chi connectivity index (χ2v) is 5.66. The van der Waals surface area contributed by atoms with E-state index in [1.54, 1.807) is 11.3 Å². The van der Waals surface area contributed by atoms with Crippen molar-refractivity contribution in [3.05, 3.63) is 11.1 Å². The summed E-state index contributed by atoms with van der Waals surface area (Å²) in [6, 6.07) is 0.501. The molecule has 3 N–H and O–H groups in total. The average Bonchev–Trinajstić information content (AvgIpc) is 2.68. The molecule has 1 atom stereocenters. The number of aliphatic hydroxyl groups is 1. The van der Waals surface area contributed by atoms with Crippen LogP contribution in [0, 0.1) is 0 Å². The van der Waals surface area contributed by atoms with Crippen LogP contribution in [0.3, 0.4) is 0 Å². The van der Waals surface area contributed by atoms with Crippen LogP contribution in [0.25, 0.3) is 0 Å². The number of nitrogens with two attached hydrogens (primary N) is 1. The molecule has 1 aliphatic rings. The molecule has 1 aromatic heterocycles. The van der Waals surface area contributed by atoms with Crippen LogP contribution in [0.15, 0.2) is 6.20 Å². The number of β-amino-alcohol motifs (C(OH)–C–C–N with tert-alkyl or cyclic N) is 1. The van der Waals surface area contributed by atoms with E-state index in [9.17, 15) is 0 Å². The zero-order chi connectivity index (χ0) is 12.3. The van der Waals surface area contributed by atoms with Crippen molar-refractivity contribution < 1.29 is 5.11 Å². The molecule has 1 saturated heterocycles. The number of piperazine rings is 1. The predicted octanol–water partition coefficient (Wildman–Crippen LogP) is 0.646. The van der Waals surface area contributed by atoms with E-state index >= 15 is 0 Å². The molecule has 0 spiro atoms. The van der Waals surface area contributed by atoms with Gasteiger partial charge in [-0.1, -0.05) is 0 Å². The molecule has 1 fully saturated rings. The molecule has 1 aromatic rings. The van der Waals surface area contributed by atoms with Crippen molar-refractivity contribution in [1.29, 1.82) is 0 Å². The number of anilines is 1. The Morgan fingerprint density at radius 2 is 2.33 bits per heavy atom. The number of rotatable bonds is 4. The smallest absolute Gasteiger partial charge is 0.180 e. The van der Waals surface area contributed by atoms with Gasteiger partial charge in [0.1, 0.15) is 0 Å². The molecule has 2 heterocycles. The minimum absolute atomic E-state index is 0. The molecule has 1 unspecified atom stereocenters. The Kier molecular flexibility index (Phi) is 6.31. The summed E-state index contributed by atoms with van der Waals surface area (Å²) < 4.78 is 0. The Hall–Kier alpha value is -0.400. The molecule has 0 aliphatic carbocycles. The molecule has 0 saturated carbocycles. The maximum absolute atomic E-state index is 8.96. The lowest BCUT2D eigenvalue weighted by atomic mass is 10.2. The standard InChI is InChI=1S/C11H20N4OS.ClH/c1-9-7-14(2-3-15(9)4-5-16)8-10-6-13-11(12)17-10;/h6,9,16H,2-5,7-8H2,1H3,(H2,12,13);1H. The lowest BCUT2D eigenvalue weighted by Gasteiger charge is -2.39. The first kappa shape index (κ1) is 15.7. The summed E-state index contributed by atoms with van der Waals surface area (Å²) in [5.41, 5.74) is 5.63. The summed E-state index contributed by atoms with van der Waals surface area (Å²) in [5, 5.41) is 9.61. The Morgan fingerprint density at radius 1 is 1.56 bits per heavy atom. The van der Waals surface area contributed by atoms with Crippen LogP contribution in [0.1, 0.15) is 11.8 Å². The number of hydrogen-bond donors (Lipinski definition) is 2. The van der Waals surface area contributed by atoms with E-state index in [4.69, 9.17) is 10.8 Å². The summed E-state index contributed by atoms with van der Waals surface area (Å²) in [7, 11) is 0. The van der Waals surface area contributed by atoms with Crippen molar-refractivity contribution in [2.24, 2.45) is 0 Å². The van der Waals surface area contributed by atoms with Crippen molar-refractivity contribution in [2.45, 2.75) is 19.5 Å². The molecule has 0 amide bonds. The minimum Gasteiger partial charge on any atom is -0.395 e. The molecular weight excluding hydrogens is 272 g/mol. The summed E-state index contributed by atoms with van der Waals surface area (Å²) >= 11 is 1.57. The lowest BCUT2D eigenvalue weighted by molar-refractivity contribution is 0.0652. The van der Waals surface area contributed by atoms with Gasteiger partial charge in [0, 0.05) is 49.8 Å². The Bertz CT molecular complexity index is 363. The van der Waals surface area contributed by atoms with Gasteiger partial charge in [0.05, 0.1) is 6.61 Å². The molecule has 2 rings (SSSR count). The molecule has 0 aromatic carbocycles. The number of aromatic nitrogens is 1. The van der Waals surface area contributed by atoms with Crippen LogP contribution in [-0.2, 0) is 6.54 Å². The first-order valence-corrected chi connectivity index (χ1v) is 6.78. The number of halogens is 1. The highest BCUT2D eigenvalue weighted by Crippen LogP contribution is 2.18. The molecular formula is C11H21ClN4OS. The molecule has 18 heavy (non-hydrogen) atoms. The van der Waals surface area contributed by atoms with Crippen molar-refractivity contribution in [1.82, 2.24) is 14.8 Å². The molecule has 0 radical (unpaired) electrons.